The number of hydrogen-bond donors (Lipinski definition) is 1. The van der Waals surface area contributed by atoms with Crippen LogP contribution in [0.2, 0.25) is 0 Å². The minimum atomic E-state index is 0.515. The van der Waals surface area contributed by atoms with Crippen molar-refractivity contribution in [2.24, 2.45) is 0 Å². The Morgan fingerprint density at radius 1 is 1.10 bits per heavy atom. The Kier molecular flexibility index (Phi) is 3.56. The van der Waals surface area contributed by atoms with Gasteiger partial charge in [-0.2, -0.15) is 0 Å². The fraction of sp³-hybridized carbons (Fsp3) is 0.0625. The Morgan fingerprint density at radius 3 is 2.85 bits per heavy atom. The van der Waals surface area contributed by atoms with Gasteiger partial charge in [0, 0.05) is 33.3 Å². The molecule has 0 aliphatic heterocycles. The number of nitrogens with zero attached hydrogens (tertiary/aromatic N) is 1. The molecule has 1 aromatic heterocycles. The van der Waals surface area contributed by atoms with Crippen LogP contribution >= 0.6 is 15.9 Å². The summed E-state index contributed by atoms with van der Waals surface area (Å²) >= 11 is 3.46. The summed E-state index contributed by atoms with van der Waals surface area (Å²) in [5.74, 6) is 0.816. The zero-order chi connectivity index (χ0) is 13.9. The van der Waals surface area contributed by atoms with E-state index in [-0.39, 0.29) is 0 Å². The molecule has 2 aromatic carbocycles. The second kappa shape index (κ2) is 5.51. The van der Waals surface area contributed by atoms with E-state index in [1.54, 1.807) is 12.4 Å². The van der Waals surface area contributed by atoms with E-state index in [1.807, 2.05) is 42.5 Å². The highest BCUT2D eigenvalue weighted by Crippen LogP contribution is 2.29. The molecule has 3 aromatic rings. The van der Waals surface area contributed by atoms with Crippen LogP contribution in [0.1, 0.15) is 5.56 Å². The Bertz CT molecular complexity index is 758. The van der Waals surface area contributed by atoms with E-state index in [0.29, 0.717) is 12.3 Å². The van der Waals surface area contributed by atoms with Crippen molar-refractivity contribution < 1.29 is 4.74 Å². The van der Waals surface area contributed by atoms with Gasteiger partial charge < -0.3 is 10.5 Å². The summed E-state index contributed by atoms with van der Waals surface area (Å²) < 4.78 is 6.96. The van der Waals surface area contributed by atoms with Gasteiger partial charge in [0.2, 0.25) is 0 Å². The van der Waals surface area contributed by atoms with Crippen LogP contribution in [0.3, 0.4) is 0 Å². The molecule has 20 heavy (non-hydrogen) atoms. The van der Waals surface area contributed by atoms with Gasteiger partial charge in [0.1, 0.15) is 12.4 Å². The summed E-state index contributed by atoms with van der Waals surface area (Å²) in [7, 11) is 0. The van der Waals surface area contributed by atoms with Gasteiger partial charge >= 0.3 is 0 Å². The lowest BCUT2D eigenvalue weighted by Gasteiger charge is -2.10. The second-order valence-corrected chi connectivity index (χ2v) is 5.41. The molecule has 3 nitrogen and oxygen atoms in total. The van der Waals surface area contributed by atoms with Crippen molar-refractivity contribution in [2.45, 2.75) is 6.61 Å². The number of aromatic nitrogens is 1. The summed E-state index contributed by atoms with van der Waals surface area (Å²) in [6.45, 7) is 0.515. The van der Waals surface area contributed by atoms with Crippen LogP contribution in [0.5, 0.6) is 5.75 Å². The third-order valence-corrected chi connectivity index (χ3v) is 3.59. The Morgan fingerprint density at radius 2 is 2.00 bits per heavy atom. The molecule has 0 spiro atoms. The van der Waals surface area contributed by atoms with E-state index in [0.717, 1.165) is 26.6 Å². The minimum absolute atomic E-state index is 0.515. The lowest BCUT2D eigenvalue weighted by atomic mass is 10.1. The van der Waals surface area contributed by atoms with Gasteiger partial charge in [-0.3, -0.25) is 4.98 Å². The number of halogens is 1. The highest BCUT2D eigenvalue weighted by atomic mass is 79.9. The normalized spacial score (nSPS) is 10.7. The third-order valence-electron chi connectivity index (χ3n) is 3.10. The van der Waals surface area contributed by atoms with Crippen molar-refractivity contribution in [1.82, 2.24) is 4.98 Å². The van der Waals surface area contributed by atoms with Crippen LogP contribution in [0.15, 0.2) is 59.3 Å². The average Bonchev–Trinajstić information content (AvgIpc) is 2.47. The number of anilines is 1. The predicted molar refractivity (Wildman–Crippen MR) is 84.6 cm³/mol. The summed E-state index contributed by atoms with van der Waals surface area (Å²) in [6, 6.07) is 13.7. The molecule has 4 heteroatoms. The number of nitrogen functional groups attached to an aromatic ring is 1. The third kappa shape index (κ3) is 2.60. The number of ether oxygens (including phenoxy) is 1. The van der Waals surface area contributed by atoms with E-state index in [4.69, 9.17) is 10.5 Å². The molecule has 100 valence electrons. The largest absolute Gasteiger partial charge is 0.488 e. The Hall–Kier alpha value is -2.07. The fourth-order valence-electron chi connectivity index (χ4n) is 2.10. The molecule has 0 aliphatic rings. The van der Waals surface area contributed by atoms with Crippen LogP contribution in [0, 0.1) is 0 Å². The highest BCUT2D eigenvalue weighted by molar-refractivity contribution is 9.10. The molecule has 0 aliphatic carbocycles. The lowest BCUT2D eigenvalue weighted by Crippen LogP contribution is -1.97. The maximum absolute atomic E-state index is 5.95. The second-order valence-electron chi connectivity index (χ2n) is 4.49. The van der Waals surface area contributed by atoms with Gasteiger partial charge in [-0.1, -0.05) is 28.1 Å². The van der Waals surface area contributed by atoms with Gasteiger partial charge in [0.15, 0.2) is 0 Å². The van der Waals surface area contributed by atoms with Crippen molar-refractivity contribution in [3.05, 3.63) is 64.9 Å². The molecule has 1 heterocycles. The molecule has 0 saturated heterocycles. The standard InChI is InChI=1S/C16H13BrN2O/c17-12-3-1-2-11(8-12)10-20-16-5-4-15(18)14-9-19-7-6-13(14)16/h1-9H,10,18H2. The van der Waals surface area contributed by atoms with Crippen molar-refractivity contribution >= 4 is 32.4 Å². The van der Waals surface area contributed by atoms with Gasteiger partial charge in [0.05, 0.1) is 0 Å². The molecule has 0 unspecified atom stereocenters. The molecule has 3 rings (SSSR count). The number of pyridine rings is 1. The topological polar surface area (TPSA) is 48.1 Å². The molecule has 0 saturated carbocycles. The highest BCUT2D eigenvalue weighted by Gasteiger charge is 2.05. The van der Waals surface area contributed by atoms with Crippen molar-refractivity contribution in [1.29, 1.82) is 0 Å². The number of rotatable bonds is 3. The zero-order valence-corrected chi connectivity index (χ0v) is 12.3. The number of benzene rings is 2. The van der Waals surface area contributed by atoms with Crippen molar-refractivity contribution in [3.63, 3.8) is 0 Å². The minimum Gasteiger partial charge on any atom is -0.488 e. The van der Waals surface area contributed by atoms with Gasteiger partial charge in [-0.25, -0.2) is 0 Å². The summed E-state index contributed by atoms with van der Waals surface area (Å²) in [5.41, 5.74) is 7.77. The van der Waals surface area contributed by atoms with Crippen molar-refractivity contribution in [2.75, 3.05) is 5.73 Å². The van der Waals surface area contributed by atoms with E-state index in [1.165, 1.54) is 0 Å². The first-order valence-electron chi connectivity index (χ1n) is 6.23. The molecular weight excluding hydrogens is 316 g/mol. The molecule has 2 N–H and O–H groups in total. The van der Waals surface area contributed by atoms with Crippen LogP contribution < -0.4 is 10.5 Å². The lowest BCUT2D eigenvalue weighted by molar-refractivity contribution is 0.310. The van der Waals surface area contributed by atoms with Crippen LogP contribution in [0.25, 0.3) is 10.8 Å². The first-order chi connectivity index (χ1) is 9.74. The van der Waals surface area contributed by atoms with Gasteiger partial charge in [-0.05, 0) is 35.9 Å². The number of hydrogen-bond acceptors (Lipinski definition) is 3. The van der Waals surface area contributed by atoms with Crippen LogP contribution in [-0.4, -0.2) is 4.98 Å². The maximum Gasteiger partial charge on any atom is 0.127 e. The summed E-state index contributed by atoms with van der Waals surface area (Å²) in [4.78, 5) is 4.10. The van der Waals surface area contributed by atoms with E-state index in [9.17, 15) is 0 Å². The number of nitrogens with two attached hydrogens (primary N) is 1. The molecular formula is C16H13BrN2O. The quantitative estimate of drug-likeness (QED) is 0.734. The fourth-order valence-corrected chi connectivity index (χ4v) is 2.54. The monoisotopic (exact) mass is 328 g/mol. The van der Waals surface area contributed by atoms with Gasteiger partial charge in [-0.15, -0.1) is 0 Å². The van der Waals surface area contributed by atoms with Gasteiger partial charge in [0.25, 0.3) is 0 Å². The van der Waals surface area contributed by atoms with E-state index >= 15 is 0 Å². The Labute approximate surface area is 125 Å². The molecule has 0 bridgehead atoms. The zero-order valence-electron chi connectivity index (χ0n) is 10.7. The smallest absolute Gasteiger partial charge is 0.127 e. The Balaban J connectivity index is 1.90. The van der Waals surface area contributed by atoms with E-state index < -0.39 is 0 Å². The molecule has 0 radical (unpaired) electrons. The first kappa shape index (κ1) is 12.9. The molecule has 0 amide bonds. The van der Waals surface area contributed by atoms with Crippen LogP contribution in [0.4, 0.5) is 5.69 Å². The van der Waals surface area contributed by atoms with Crippen LogP contribution in [-0.2, 0) is 6.61 Å². The van der Waals surface area contributed by atoms with Crippen molar-refractivity contribution in [3.8, 4) is 5.75 Å². The first-order valence-corrected chi connectivity index (χ1v) is 7.03. The maximum atomic E-state index is 5.95. The number of fused-ring (bicyclic) bond motifs is 1. The average molecular weight is 329 g/mol. The predicted octanol–water partition coefficient (Wildman–Crippen LogP) is 4.16. The molecule has 0 atom stereocenters. The summed E-state index contributed by atoms with van der Waals surface area (Å²) in [6.07, 6.45) is 3.50. The van der Waals surface area contributed by atoms with E-state index in [2.05, 4.69) is 20.9 Å². The molecule has 0 fully saturated rings. The summed E-state index contributed by atoms with van der Waals surface area (Å²) in [5, 5.41) is 1.90. The SMILES string of the molecule is Nc1ccc(OCc2cccc(Br)c2)c2ccncc12.